The molecular formula is C22H31N4OPS. The summed E-state index contributed by atoms with van der Waals surface area (Å²) >= 11 is 5.22. The van der Waals surface area contributed by atoms with Crippen LogP contribution in [0.25, 0.3) is 0 Å². The summed E-state index contributed by atoms with van der Waals surface area (Å²) in [5.41, 5.74) is 2.23. The molecule has 2 atom stereocenters. The van der Waals surface area contributed by atoms with Crippen molar-refractivity contribution in [3.8, 4) is 0 Å². The molecule has 1 fully saturated rings. The Bertz CT molecular complexity index is 753. The van der Waals surface area contributed by atoms with Crippen LogP contribution in [0.5, 0.6) is 0 Å². The van der Waals surface area contributed by atoms with Crippen LogP contribution in [0.15, 0.2) is 60.7 Å². The highest BCUT2D eigenvalue weighted by Crippen LogP contribution is 2.64. The van der Waals surface area contributed by atoms with Gasteiger partial charge in [-0.1, -0.05) is 60.7 Å². The molecule has 5 nitrogen and oxygen atoms in total. The third kappa shape index (κ3) is 5.14. The maximum absolute atomic E-state index is 6.69. The van der Waals surface area contributed by atoms with Crippen LogP contribution in [0, 0.1) is 0 Å². The van der Waals surface area contributed by atoms with Gasteiger partial charge in [0.1, 0.15) is 0 Å². The van der Waals surface area contributed by atoms with Gasteiger partial charge in [0.2, 0.25) is 0 Å². The van der Waals surface area contributed by atoms with E-state index in [1.807, 2.05) is 7.05 Å². The Morgan fingerprint density at radius 1 is 0.966 bits per heavy atom. The molecule has 1 saturated heterocycles. The maximum atomic E-state index is 6.69. The van der Waals surface area contributed by atoms with Crippen LogP contribution >= 0.6 is 20.7 Å². The first-order valence-corrected chi connectivity index (χ1v) is 11.4. The Morgan fingerprint density at radius 3 is 1.83 bits per heavy atom. The van der Waals surface area contributed by atoms with Gasteiger partial charge >= 0.3 is 0 Å². The van der Waals surface area contributed by atoms with Crippen LogP contribution in [0.2, 0.25) is 0 Å². The predicted molar refractivity (Wildman–Crippen MR) is 126 cm³/mol. The van der Waals surface area contributed by atoms with E-state index in [0.29, 0.717) is 11.7 Å². The van der Waals surface area contributed by atoms with Crippen molar-refractivity contribution in [1.29, 1.82) is 0 Å². The Labute approximate surface area is 181 Å². The third-order valence-electron chi connectivity index (χ3n) is 5.16. The molecule has 0 aromatic heterocycles. The molecular weight excluding hydrogens is 399 g/mol. The van der Waals surface area contributed by atoms with Crippen molar-refractivity contribution in [3.63, 3.8) is 0 Å². The molecule has 0 saturated carbocycles. The van der Waals surface area contributed by atoms with E-state index in [4.69, 9.17) is 16.7 Å². The van der Waals surface area contributed by atoms with Crippen molar-refractivity contribution >= 4 is 25.8 Å². The summed E-state index contributed by atoms with van der Waals surface area (Å²) in [6, 6.07) is 21.9. The molecule has 0 spiro atoms. The molecule has 2 N–H and O–H groups in total. The van der Waals surface area contributed by atoms with Gasteiger partial charge in [-0.2, -0.15) is 0 Å². The summed E-state index contributed by atoms with van der Waals surface area (Å²) < 4.78 is 11.5. The van der Waals surface area contributed by atoms with Gasteiger partial charge in [-0.25, -0.2) is 9.34 Å². The molecule has 3 rings (SSSR count). The minimum Gasteiger partial charge on any atom is -0.366 e. The van der Waals surface area contributed by atoms with Crippen molar-refractivity contribution < 1.29 is 4.52 Å². The fourth-order valence-electron chi connectivity index (χ4n) is 3.70. The summed E-state index contributed by atoms with van der Waals surface area (Å²) in [5, 5.41) is 6.82. The average Bonchev–Trinajstić information content (AvgIpc) is 2.97. The van der Waals surface area contributed by atoms with E-state index >= 15 is 0 Å². The highest BCUT2D eigenvalue weighted by Gasteiger charge is 2.48. The van der Waals surface area contributed by atoms with Gasteiger partial charge in [0.25, 0.3) is 0 Å². The van der Waals surface area contributed by atoms with Crippen molar-refractivity contribution in [2.24, 2.45) is 0 Å². The molecule has 1 heterocycles. The van der Waals surface area contributed by atoms with E-state index in [9.17, 15) is 0 Å². The van der Waals surface area contributed by atoms with Crippen molar-refractivity contribution in [2.45, 2.75) is 31.5 Å². The molecule has 156 valence electrons. The fourth-order valence-corrected chi connectivity index (χ4v) is 5.93. The number of hydrogen-bond acceptors (Lipinski definition) is 4. The Balaban J connectivity index is 1.88. The van der Waals surface area contributed by atoms with E-state index in [0.717, 1.165) is 0 Å². The Kier molecular flexibility index (Phi) is 7.25. The SMILES string of the molecule is CNC(=S)NCC(C)(C)OP1N(C)[C@H](c2ccccc2)[C@@H](c2ccccc2)N1C. The second-order valence-corrected chi connectivity index (χ2v) is 10.3. The quantitative estimate of drug-likeness (QED) is 0.521. The van der Waals surface area contributed by atoms with Gasteiger partial charge < -0.3 is 15.2 Å². The molecule has 0 bridgehead atoms. The topological polar surface area (TPSA) is 39.8 Å². The molecule has 7 heteroatoms. The highest BCUT2D eigenvalue weighted by molar-refractivity contribution is 7.80. The number of likely N-dealkylation sites (N-methyl/N-ethyl adjacent to an activating group) is 2. The van der Waals surface area contributed by atoms with Crippen LogP contribution in [0.4, 0.5) is 0 Å². The predicted octanol–water partition coefficient (Wildman–Crippen LogP) is 4.46. The van der Waals surface area contributed by atoms with E-state index in [2.05, 4.69) is 109 Å². The molecule has 0 amide bonds. The zero-order valence-corrected chi connectivity index (χ0v) is 19.5. The first-order chi connectivity index (χ1) is 13.8. The van der Waals surface area contributed by atoms with Gasteiger partial charge in [-0.15, -0.1) is 0 Å². The van der Waals surface area contributed by atoms with Crippen LogP contribution < -0.4 is 10.6 Å². The van der Waals surface area contributed by atoms with E-state index in [1.165, 1.54) is 11.1 Å². The van der Waals surface area contributed by atoms with Gasteiger partial charge in [0.15, 0.2) is 13.6 Å². The van der Waals surface area contributed by atoms with E-state index in [-0.39, 0.29) is 17.7 Å². The van der Waals surface area contributed by atoms with Crippen molar-refractivity contribution in [2.75, 3.05) is 27.7 Å². The lowest BCUT2D eigenvalue weighted by Crippen LogP contribution is -2.43. The Morgan fingerprint density at radius 2 is 1.41 bits per heavy atom. The largest absolute Gasteiger partial charge is 0.366 e. The first kappa shape index (κ1) is 22.1. The molecule has 0 unspecified atom stereocenters. The first-order valence-electron chi connectivity index (χ1n) is 9.84. The van der Waals surface area contributed by atoms with Gasteiger partial charge in [0, 0.05) is 13.6 Å². The van der Waals surface area contributed by atoms with E-state index in [1.54, 1.807) is 0 Å². The van der Waals surface area contributed by atoms with E-state index < -0.39 is 8.45 Å². The lowest BCUT2D eigenvalue weighted by molar-refractivity contribution is 0.114. The van der Waals surface area contributed by atoms with Gasteiger partial charge in [0.05, 0.1) is 17.7 Å². The molecule has 0 radical (unpaired) electrons. The van der Waals surface area contributed by atoms with Gasteiger partial charge in [-0.05, 0) is 51.3 Å². The van der Waals surface area contributed by atoms with Crippen LogP contribution in [0.3, 0.4) is 0 Å². The lowest BCUT2D eigenvalue weighted by atomic mass is 9.93. The summed E-state index contributed by atoms with van der Waals surface area (Å²) in [5.74, 6) is 0. The normalized spacial score (nSPS) is 21.3. The van der Waals surface area contributed by atoms with Crippen molar-refractivity contribution in [3.05, 3.63) is 71.8 Å². The lowest BCUT2D eigenvalue weighted by Gasteiger charge is -2.34. The molecule has 1 aliphatic heterocycles. The maximum Gasteiger partial charge on any atom is 0.189 e. The molecule has 2 aromatic carbocycles. The molecule has 0 aliphatic carbocycles. The number of thiocarbonyl (C=S) groups is 1. The number of rotatable bonds is 6. The van der Waals surface area contributed by atoms with Crippen LogP contribution in [-0.2, 0) is 4.52 Å². The number of hydrogen-bond donors (Lipinski definition) is 2. The van der Waals surface area contributed by atoms with Crippen LogP contribution in [-0.4, -0.2) is 47.7 Å². The summed E-state index contributed by atoms with van der Waals surface area (Å²) in [7, 11) is 5.21. The molecule has 29 heavy (non-hydrogen) atoms. The average molecular weight is 431 g/mol. The molecule has 1 aliphatic rings. The minimum absolute atomic E-state index is 0.219. The minimum atomic E-state index is -0.954. The van der Waals surface area contributed by atoms with Gasteiger partial charge in [-0.3, -0.25) is 0 Å². The Hall–Kier alpha value is -1.56. The third-order valence-corrected chi connectivity index (χ3v) is 7.74. The second kappa shape index (κ2) is 9.50. The molecule has 2 aromatic rings. The fraction of sp³-hybridized carbons (Fsp3) is 0.409. The summed E-state index contributed by atoms with van der Waals surface area (Å²) in [6.07, 6.45) is 0. The monoisotopic (exact) mass is 430 g/mol. The number of nitrogens with one attached hydrogen (secondary N) is 2. The van der Waals surface area contributed by atoms with Crippen LogP contribution in [0.1, 0.15) is 37.1 Å². The number of nitrogens with zero attached hydrogens (tertiary/aromatic N) is 2. The number of benzene rings is 2. The summed E-state index contributed by atoms with van der Waals surface area (Å²) in [4.78, 5) is 0. The summed E-state index contributed by atoms with van der Waals surface area (Å²) in [6.45, 7) is 4.85. The second-order valence-electron chi connectivity index (χ2n) is 7.89. The smallest absolute Gasteiger partial charge is 0.189 e. The zero-order chi connectivity index (χ0) is 21.0. The van der Waals surface area contributed by atoms with Crippen molar-refractivity contribution in [1.82, 2.24) is 20.0 Å². The zero-order valence-electron chi connectivity index (χ0n) is 17.8. The highest BCUT2D eigenvalue weighted by atomic mass is 32.1. The standard InChI is InChI=1S/C22H31N4OPS/c1-22(2,16-24-21(29)23-3)27-28-25(4)19(17-12-8-6-9-13-17)20(26(28)5)18-14-10-7-11-15-18/h6-15,19-20H,16H2,1-5H3,(H2,23,24,29)/t19-,20-/m1/s1.